The van der Waals surface area contributed by atoms with E-state index >= 15 is 0 Å². The molecule has 0 saturated carbocycles. The van der Waals surface area contributed by atoms with Crippen molar-refractivity contribution in [3.63, 3.8) is 0 Å². The number of amides is 1. The van der Waals surface area contributed by atoms with Crippen LogP contribution in [-0.4, -0.2) is 31.0 Å². The fraction of sp³-hybridized carbons (Fsp3) is 0.409. The van der Waals surface area contributed by atoms with Crippen molar-refractivity contribution in [1.29, 1.82) is 0 Å². The highest BCUT2D eigenvalue weighted by atomic mass is 79.9. The molecule has 0 unspecified atom stereocenters. The number of nitrogens with zero attached hydrogens (tertiary/aromatic N) is 1. The lowest BCUT2D eigenvalue weighted by atomic mass is 9.98. The van der Waals surface area contributed by atoms with Crippen molar-refractivity contribution in [2.75, 3.05) is 20.2 Å². The first-order valence-corrected chi connectivity index (χ1v) is 10.3. The Balaban J connectivity index is 1.65. The van der Waals surface area contributed by atoms with Gasteiger partial charge in [0.05, 0.1) is 12.7 Å². The van der Waals surface area contributed by atoms with E-state index < -0.39 is 0 Å². The molecule has 0 aromatic heterocycles. The van der Waals surface area contributed by atoms with Gasteiger partial charge in [-0.3, -0.25) is 9.69 Å². The lowest BCUT2D eigenvalue weighted by Gasteiger charge is -2.30. The fourth-order valence-corrected chi connectivity index (χ4v) is 3.85. The summed E-state index contributed by atoms with van der Waals surface area (Å²) in [5, 5.41) is 3.05. The first kappa shape index (κ1) is 19.9. The molecule has 0 radical (unpaired) electrons. The van der Waals surface area contributed by atoms with Crippen molar-refractivity contribution >= 4 is 21.8 Å². The molecule has 1 aliphatic heterocycles. The molecule has 1 amide bonds. The first-order chi connectivity index (χ1) is 13.1. The Hall–Kier alpha value is -1.85. The zero-order valence-electron chi connectivity index (χ0n) is 16.0. The number of piperidine rings is 1. The Kier molecular flexibility index (Phi) is 6.91. The summed E-state index contributed by atoms with van der Waals surface area (Å²) < 4.78 is 5.99. The predicted octanol–water partition coefficient (Wildman–Crippen LogP) is 4.62. The zero-order chi connectivity index (χ0) is 19.2. The van der Waals surface area contributed by atoms with Crippen molar-refractivity contribution in [3.8, 4) is 5.75 Å². The Morgan fingerprint density at radius 1 is 1.19 bits per heavy atom. The molecule has 4 nitrogen and oxygen atoms in total. The first-order valence-electron chi connectivity index (χ1n) is 9.47. The minimum absolute atomic E-state index is 0.109. The Labute approximate surface area is 170 Å². The lowest BCUT2D eigenvalue weighted by Crippen LogP contribution is -2.33. The van der Waals surface area contributed by atoms with Crippen LogP contribution in [0, 0.1) is 5.92 Å². The van der Waals surface area contributed by atoms with Crippen LogP contribution in [0.2, 0.25) is 0 Å². The summed E-state index contributed by atoms with van der Waals surface area (Å²) in [6.45, 7) is 6.10. The van der Waals surface area contributed by atoms with E-state index in [1.807, 2.05) is 18.2 Å². The number of hydrogen-bond donors (Lipinski definition) is 1. The highest BCUT2D eigenvalue weighted by Crippen LogP contribution is 2.23. The number of likely N-dealkylation sites (tertiary alicyclic amines) is 1. The highest BCUT2D eigenvalue weighted by molar-refractivity contribution is 9.10. The number of halogens is 1. The minimum atomic E-state index is -0.109. The van der Waals surface area contributed by atoms with Gasteiger partial charge in [-0.2, -0.15) is 0 Å². The van der Waals surface area contributed by atoms with Crippen LogP contribution < -0.4 is 10.1 Å². The van der Waals surface area contributed by atoms with Crippen molar-refractivity contribution in [3.05, 3.63) is 63.6 Å². The summed E-state index contributed by atoms with van der Waals surface area (Å²) in [4.78, 5) is 15.2. The van der Waals surface area contributed by atoms with E-state index in [1.165, 1.54) is 24.0 Å². The van der Waals surface area contributed by atoms with Crippen molar-refractivity contribution < 1.29 is 9.53 Å². The summed E-state index contributed by atoms with van der Waals surface area (Å²) in [5.74, 6) is 1.39. The maximum atomic E-state index is 12.6. The van der Waals surface area contributed by atoms with Gasteiger partial charge in [0.25, 0.3) is 5.91 Å². The van der Waals surface area contributed by atoms with Crippen molar-refractivity contribution in [2.24, 2.45) is 5.92 Å². The molecule has 0 spiro atoms. The number of ether oxygens (including phenoxy) is 1. The van der Waals surface area contributed by atoms with E-state index in [-0.39, 0.29) is 5.91 Å². The van der Waals surface area contributed by atoms with Crippen LogP contribution in [0.1, 0.15) is 41.3 Å². The molecule has 2 aromatic carbocycles. The minimum Gasteiger partial charge on any atom is -0.497 e. The molecule has 2 aromatic rings. The topological polar surface area (TPSA) is 41.6 Å². The van der Waals surface area contributed by atoms with Crippen LogP contribution in [-0.2, 0) is 13.1 Å². The van der Waals surface area contributed by atoms with E-state index in [2.05, 4.69) is 51.3 Å². The number of hydrogen-bond acceptors (Lipinski definition) is 3. The molecule has 0 bridgehead atoms. The normalized spacial score (nSPS) is 15.5. The largest absolute Gasteiger partial charge is 0.497 e. The second kappa shape index (κ2) is 9.38. The number of benzene rings is 2. The summed E-state index contributed by atoms with van der Waals surface area (Å²) in [6, 6.07) is 13.8. The second-order valence-corrected chi connectivity index (χ2v) is 8.11. The summed E-state index contributed by atoms with van der Waals surface area (Å²) >= 11 is 3.45. The van der Waals surface area contributed by atoms with Gasteiger partial charge in [-0.15, -0.1) is 0 Å². The maximum Gasteiger partial charge on any atom is 0.252 e. The smallest absolute Gasteiger partial charge is 0.252 e. The van der Waals surface area contributed by atoms with E-state index in [0.717, 1.165) is 30.0 Å². The maximum absolute atomic E-state index is 12.6. The quantitative estimate of drug-likeness (QED) is 0.726. The third kappa shape index (κ3) is 5.33. The van der Waals surface area contributed by atoms with Crippen molar-refractivity contribution in [2.45, 2.75) is 32.9 Å². The third-order valence-corrected chi connectivity index (χ3v) is 5.94. The molecule has 27 heavy (non-hydrogen) atoms. The molecule has 0 aliphatic carbocycles. The molecule has 1 fully saturated rings. The monoisotopic (exact) mass is 430 g/mol. The molecule has 1 aliphatic rings. The zero-order valence-corrected chi connectivity index (χ0v) is 17.6. The molecule has 3 rings (SSSR count). The second-order valence-electron chi connectivity index (χ2n) is 7.26. The molecule has 5 heteroatoms. The molecular formula is C22H27BrN2O2. The average Bonchev–Trinajstić information content (AvgIpc) is 2.69. The average molecular weight is 431 g/mol. The highest BCUT2D eigenvalue weighted by Gasteiger charge is 2.17. The molecule has 144 valence electrons. The van der Waals surface area contributed by atoms with E-state index in [1.54, 1.807) is 13.2 Å². The van der Waals surface area contributed by atoms with Gasteiger partial charge in [0.2, 0.25) is 0 Å². The number of rotatable bonds is 6. The van der Waals surface area contributed by atoms with Gasteiger partial charge in [-0.1, -0.05) is 31.2 Å². The Morgan fingerprint density at radius 3 is 2.59 bits per heavy atom. The molecule has 1 heterocycles. The van der Waals surface area contributed by atoms with Gasteiger partial charge in [0.1, 0.15) is 5.75 Å². The fourth-order valence-electron chi connectivity index (χ4n) is 3.42. The number of carbonyl (C=O) groups excluding carboxylic acids is 1. The van der Waals surface area contributed by atoms with Gasteiger partial charge < -0.3 is 10.1 Å². The summed E-state index contributed by atoms with van der Waals surface area (Å²) in [6.07, 6.45) is 2.53. The van der Waals surface area contributed by atoms with Crippen LogP contribution in [0.4, 0.5) is 0 Å². The molecule has 1 saturated heterocycles. The lowest BCUT2D eigenvalue weighted by molar-refractivity contribution is 0.0949. The van der Waals surface area contributed by atoms with Gasteiger partial charge in [0, 0.05) is 17.6 Å². The third-order valence-electron chi connectivity index (χ3n) is 5.25. The van der Waals surface area contributed by atoms with Gasteiger partial charge in [-0.05, 0) is 77.1 Å². The SMILES string of the molecule is COc1ccc(Br)c(C(=O)NCc2ccccc2CN2CCC(C)CC2)c1. The Morgan fingerprint density at radius 2 is 1.89 bits per heavy atom. The van der Waals surface area contributed by atoms with Crippen LogP contribution in [0.3, 0.4) is 0 Å². The van der Waals surface area contributed by atoms with Crippen LogP contribution in [0.5, 0.6) is 5.75 Å². The van der Waals surface area contributed by atoms with E-state index in [0.29, 0.717) is 17.9 Å². The molecule has 1 N–H and O–H groups in total. The van der Waals surface area contributed by atoms with Crippen molar-refractivity contribution in [1.82, 2.24) is 10.2 Å². The van der Waals surface area contributed by atoms with Gasteiger partial charge >= 0.3 is 0 Å². The van der Waals surface area contributed by atoms with Crippen LogP contribution in [0.15, 0.2) is 46.9 Å². The molecular weight excluding hydrogens is 404 g/mol. The number of carbonyl (C=O) groups is 1. The van der Waals surface area contributed by atoms with Crippen LogP contribution >= 0.6 is 15.9 Å². The van der Waals surface area contributed by atoms with E-state index in [4.69, 9.17) is 4.74 Å². The standard InChI is InChI=1S/C22H27BrN2O2/c1-16-9-11-25(12-10-16)15-18-6-4-3-5-17(18)14-24-22(26)20-13-19(27-2)7-8-21(20)23/h3-8,13,16H,9-12,14-15H2,1-2H3,(H,24,26). The Bertz CT molecular complexity index is 786. The van der Waals surface area contributed by atoms with Crippen LogP contribution in [0.25, 0.3) is 0 Å². The van der Waals surface area contributed by atoms with Gasteiger partial charge in [-0.25, -0.2) is 0 Å². The summed E-state index contributed by atoms with van der Waals surface area (Å²) in [7, 11) is 1.60. The number of methoxy groups -OCH3 is 1. The van der Waals surface area contributed by atoms with E-state index in [9.17, 15) is 4.79 Å². The number of nitrogens with one attached hydrogen (secondary N) is 1. The molecule has 0 atom stereocenters. The summed E-state index contributed by atoms with van der Waals surface area (Å²) in [5.41, 5.74) is 3.04. The van der Waals surface area contributed by atoms with Gasteiger partial charge in [0.15, 0.2) is 0 Å². The predicted molar refractivity (Wildman–Crippen MR) is 112 cm³/mol.